The number of rotatable bonds is 2. The van der Waals surface area contributed by atoms with Gasteiger partial charge in [0.15, 0.2) is 0 Å². The summed E-state index contributed by atoms with van der Waals surface area (Å²) in [5.74, 6) is 0. The van der Waals surface area contributed by atoms with Crippen LogP contribution in [0, 0.1) is 0 Å². The van der Waals surface area contributed by atoms with E-state index in [0.29, 0.717) is 0 Å². The van der Waals surface area contributed by atoms with E-state index in [2.05, 4.69) is 0 Å². The van der Waals surface area contributed by atoms with E-state index in [1.54, 1.807) is 24.3 Å². The predicted molar refractivity (Wildman–Crippen MR) is 85.3 cm³/mol. The third-order valence-corrected chi connectivity index (χ3v) is 6.26. The van der Waals surface area contributed by atoms with E-state index < -0.39 is 10.0 Å². The van der Waals surface area contributed by atoms with Gasteiger partial charge in [-0.1, -0.05) is 41.9 Å². The van der Waals surface area contributed by atoms with E-state index in [0.717, 1.165) is 24.1 Å². The maximum atomic E-state index is 13.0. The van der Waals surface area contributed by atoms with Gasteiger partial charge in [0.05, 0.1) is 10.7 Å². The molecule has 110 valence electrons. The Hall–Kier alpha value is -1.52. The van der Waals surface area contributed by atoms with Crippen LogP contribution in [0.1, 0.15) is 18.9 Å². The molecule has 0 saturated heterocycles. The second-order valence-electron chi connectivity index (χ2n) is 5.25. The van der Waals surface area contributed by atoms with Gasteiger partial charge in [-0.05, 0) is 43.5 Å². The molecule has 2 aromatic rings. The van der Waals surface area contributed by atoms with Crippen LogP contribution >= 0.6 is 11.6 Å². The Labute approximate surface area is 130 Å². The Morgan fingerprint density at radius 1 is 1.10 bits per heavy atom. The van der Waals surface area contributed by atoms with Gasteiger partial charge < -0.3 is 0 Å². The highest BCUT2D eigenvalue weighted by Gasteiger charge is 2.34. The number of para-hydroxylation sites is 1. The van der Waals surface area contributed by atoms with Crippen molar-refractivity contribution in [2.45, 2.75) is 30.7 Å². The number of hydrogen-bond donors (Lipinski definition) is 0. The molecule has 0 saturated carbocycles. The van der Waals surface area contributed by atoms with Crippen LogP contribution in [0.2, 0.25) is 5.02 Å². The second kappa shape index (κ2) is 5.35. The molecule has 0 unspecified atom stereocenters. The molecule has 0 radical (unpaired) electrons. The summed E-state index contributed by atoms with van der Waals surface area (Å²) in [6.07, 6.45) is 1.70. The first kappa shape index (κ1) is 14.4. The minimum Gasteiger partial charge on any atom is -0.263 e. The zero-order valence-electron chi connectivity index (χ0n) is 11.7. The standard InChI is InChI=1S/C16H16ClNO2S/c1-12-10-11-13-6-2-4-8-15(13)18(12)21(19,20)16-9-5-3-7-14(16)17/h2-9,12H,10-11H2,1H3/t12-/m0/s1. The highest BCUT2D eigenvalue weighted by molar-refractivity contribution is 7.93. The van der Waals surface area contributed by atoms with E-state index in [1.165, 1.54) is 4.31 Å². The number of fused-ring (bicyclic) bond motifs is 1. The summed E-state index contributed by atoms with van der Waals surface area (Å²) in [4.78, 5) is 0.162. The highest BCUT2D eigenvalue weighted by atomic mass is 35.5. The summed E-state index contributed by atoms with van der Waals surface area (Å²) in [5, 5.41) is 0.257. The van der Waals surface area contributed by atoms with Gasteiger partial charge in [-0.3, -0.25) is 4.31 Å². The summed E-state index contributed by atoms with van der Waals surface area (Å²) in [7, 11) is -3.65. The monoisotopic (exact) mass is 321 g/mol. The zero-order chi connectivity index (χ0) is 15.0. The van der Waals surface area contributed by atoms with Crippen LogP contribution in [0.3, 0.4) is 0 Å². The van der Waals surface area contributed by atoms with Crippen LogP contribution in [0.5, 0.6) is 0 Å². The van der Waals surface area contributed by atoms with E-state index in [1.807, 2.05) is 31.2 Å². The number of benzene rings is 2. The maximum absolute atomic E-state index is 13.0. The molecule has 2 aromatic carbocycles. The molecule has 0 fully saturated rings. The Morgan fingerprint density at radius 2 is 1.76 bits per heavy atom. The molecule has 0 spiro atoms. The first-order valence-electron chi connectivity index (χ1n) is 6.88. The van der Waals surface area contributed by atoms with Gasteiger partial charge in [0, 0.05) is 6.04 Å². The van der Waals surface area contributed by atoms with E-state index >= 15 is 0 Å². The van der Waals surface area contributed by atoms with Gasteiger partial charge in [-0.15, -0.1) is 0 Å². The van der Waals surface area contributed by atoms with Gasteiger partial charge in [0.25, 0.3) is 10.0 Å². The lowest BCUT2D eigenvalue weighted by molar-refractivity contribution is 0.563. The average molecular weight is 322 g/mol. The van der Waals surface area contributed by atoms with Crippen molar-refractivity contribution in [3.8, 4) is 0 Å². The smallest absolute Gasteiger partial charge is 0.263 e. The third kappa shape index (κ3) is 2.43. The van der Waals surface area contributed by atoms with Gasteiger partial charge >= 0.3 is 0 Å². The summed E-state index contributed by atoms with van der Waals surface area (Å²) >= 11 is 6.10. The summed E-state index contributed by atoms with van der Waals surface area (Å²) in [6, 6.07) is 14.2. The fraction of sp³-hybridized carbons (Fsp3) is 0.250. The van der Waals surface area contributed by atoms with Crippen molar-refractivity contribution in [3.63, 3.8) is 0 Å². The SMILES string of the molecule is C[C@H]1CCc2ccccc2N1S(=O)(=O)c1ccccc1Cl. The van der Waals surface area contributed by atoms with E-state index in [-0.39, 0.29) is 16.0 Å². The summed E-state index contributed by atoms with van der Waals surface area (Å²) < 4.78 is 27.6. The molecular weight excluding hydrogens is 306 g/mol. The molecule has 0 aliphatic carbocycles. The van der Waals surface area contributed by atoms with Gasteiger partial charge in [0.2, 0.25) is 0 Å². The van der Waals surface area contributed by atoms with Crippen molar-refractivity contribution in [1.82, 2.24) is 0 Å². The summed E-state index contributed by atoms with van der Waals surface area (Å²) in [5.41, 5.74) is 1.82. The van der Waals surface area contributed by atoms with Crippen molar-refractivity contribution in [3.05, 3.63) is 59.1 Å². The lowest BCUT2D eigenvalue weighted by Crippen LogP contribution is -2.42. The summed E-state index contributed by atoms with van der Waals surface area (Å²) in [6.45, 7) is 1.93. The van der Waals surface area contributed by atoms with Crippen LogP contribution in [-0.2, 0) is 16.4 Å². The third-order valence-electron chi connectivity index (χ3n) is 3.83. The van der Waals surface area contributed by atoms with Crippen LogP contribution in [0.4, 0.5) is 5.69 Å². The van der Waals surface area contributed by atoms with Crippen molar-refractivity contribution in [2.75, 3.05) is 4.31 Å². The molecule has 1 atom stereocenters. The Kier molecular flexibility index (Phi) is 3.68. The first-order valence-corrected chi connectivity index (χ1v) is 8.70. The Morgan fingerprint density at radius 3 is 2.52 bits per heavy atom. The van der Waals surface area contributed by atoms with E-state index in [9.17, 15) is 8.42 Å². The fourth-order valence-corrected chi connectivity index (χ4v) is 5.00. The number of sulfonamides is 1. The Balaban J connectivity index is 2.17. The molecule has 0 aromatic heterocycles. The lowest BCUT2D eigenvalue weighted by atomic mass is 9.99. The van der Waals surface area contributed by atoms with Gasteiger partial charge in [-0.25, -0.2) is 8.42 Å². The molecule has 0 N–H and O–H groups in total. The largest absolute Gasteiger partial charge is 0.266 e. The van der Waals surface area contributed by atoms with Crippen molar-refractivity contribution in [1.29, 1.82) is 0 Å². The van der Waals surface area contributed by atoms with Gasteiger partial charge in [0.1, 0.15) is 4.90 Å². The first-order chi connectivity index (χ1) is 10.0. The van der Waals surface area contributed by atoms with Crippen molar-refractivity contribution in [2.24, 2.45) is 0 Å². The fourth-order valence-electron chi connectivity index (χ4n) is 2.78. The zero-order valence-corrected chi connectivity index (χ0v) is 13.2. The molecule has 1 heterocycles. The molecule has 0 bridgehead atoms. The van der Waals surface area contributed by atoms with Crippen LogP contribution in [0.25, 0.3) is 0 Å². The maximum Gasteiger partial charge on any atom is 0.266 e. The van der Waals surface area contributed by atoms with Gasteiger partial charge in [-0.2, -0.15) is 0 Å². The number of anilines is 1. The molecule has 3 nitrogen and oxygen atoms in total. The molecule has 3 rings (SSSR count). The number of nitrogens with zero attached hydrogens (tertiary/aromatic N) is 1. The molecular formula is C16H16ClNO2S. The van der Waals surface area contributed by atoms with Crippen molar-refractivity contribution < 1.29 is 8.42 Å². The lowest BCUT2D eigenvalue weighted by Gasteiger charge is -2.36. The number of hydrogen-bond acceptors (Lipinski definition) is 2. The average Bonchev–Trinajstić information content (AvgIpc) is 2.47. The van der Waals surface area contributed by atoms with Crippen LogP contribution < -0.4 is 4.31 Å². The number of halogens is 1. The molecule has 1 aliphatic heterocycles. The quantitative estimate of drug-likeness (QED) is 0.842. The normalized spacial score (nSPS) is 18.4. The Bertz CT molecular complexity index is 773. The topological polar surface area (TPSA) is 37.4 Å². The predicted octanol–water partition coefficient (Wildman–Crippen LogP) is 3.87. The molecule has 21 heavy (non-hydrogen) atoms. The minimum atomic E-state index is -3.65. The number of aryl methyl sites for hydroxylation is 1. The van der Waals surface area contributed by atoms with Crippen molar-refractivity contribution >= 4 is 27.3 Å². The molecule has 5 heteroatoms. The van der Waals surface area contributed by atoms with Crippen LogP contribution in [-0.4, -0.2) is 14.5 Å². The minimum absolute atomic E-state index is 0.0822. The van der Waals surface area contributed by atoms with E-state index in [4.69, 9.17) is 11.6 Å². The highest BCUT2D eigenvalue weighted by Crippen LogP contribution is 2.36. The second-order valence-corrected chi connectivity index (χ2v) is 7.44. The van der Waals surface area contributed by atoms with Crippen LogP contribution in [0.15, 0.2) is 53.4 Å². The molecule has 0 amide bonds. The molecule has 1 aliphatic rings.